The van der Waals surface area contributed by atoms with E-state index in [1.807, 2.05) is 31.2 Å². The van der Waals surface area contributed by atoms with E-state index in [-0.39, 0.29) is 18.7 Å². The van der Waals surface area contributed by atoms with Gasteiger partial charge in [0, 0.05) is 18.4 Å². The molecule has 0 unspecified atom stereocenters. The Morgan fingerprint density at radius 3 is 2.56 bits per heavy atom. The van der Waals surface area contributed by atoms with Gasteiger partial charge in [-0.2, -0.15) is 0 Å². The first kappa shape index (κ1) is 18.7. The Kier molecular flexibility index (Phi) is 5.59. The molecule has 0 saturated carbocycles. The molecule has 0 aliphatic rings. The van der Waals surface area contributed by atoms with Crippen LogP contribution in [0.5, 0.6) is 0 Å². The molecule has 0 spiro atoms. The maximum absolute atomic E-state index is 13.3. The number of hydrogen-bond donors (Lipinski definition) is 1. The number of hydrogen-bond acceptors (Lipinski definition) is 4. The standard InChI is InChI=1S/C20H19F2N3O2/c1-12-3-5-14(6-4-12)20-25-24-19(27-20)10-9-18(26)23-13(2)15-7-8-16(21)17(22)11-15/h3-8,11,13H,9-10H2,1-2H3,(H,23,26)/t13-/m1/s1. The number of carbonyl (C=O) groups is 1. The van der Waals surface area contributed by atoms with Crippen LogP contribution < -0.4 is 5.32 Å². The lowest BCUT2D eigenvalue weighted by Gasteiger charge is -2.14. The molecule has 1 aromatic heterocycles. The first-order valence-electron chi connectivity index (χ1n) is 8.56. The van der Waals surface area contributed by atoms with Crippen molar-refractivity contribution >= 4 is 5.91 Å². The van der Waals surface area contributed by atoms with E-state index in [0.29, 0.717) is 17.3 Å². The summed E-state index contributed by atoms with van der Waals surface area (Å²) >= 11 is 0. The zero-order chi connectivity index (χ0) is 19.4. The van der Waals surface area contributed by atoms with Crippen molar-refractivity contribution in [1.29, 1.82) is 0 Å². The van der Waals surface area contributed by atoms with Crippen molar-refractivity contribution in [2.45, 2.75) is 32.7 Å². The highest BCUT2D eigenvalue weighted by molar-refractivity contribution is 5.76. The lowest BCUT2D eigenvalue weighted by atomic mass is 10.1. The minimum atomic E-state index is -0.942. The van der Waals surface area contributed by atoms with Crippen molar-refractivity contribution in [1.82, 2.24) is 15.5 Å². The number of amides is 1. The van der Waals surface area contributed by atoms with Crippen LogP contribution in [0.25, 0.3) is 11.5 Å². The Balaban J connectivity index is 1.54. The summed E-state index contributed by atoms with van der Waals surface area (Å²) in [6.45, 7) is 3.69. The van der Waals surface area contributed by atoms with Crippen molar-refractivity contribution in [3.8, 4) is 11.5 Å². The normalized spacial score (nSPS) is 12.0. The third kappa shape index (κ3) is 4.75. The molecule has 1 heterocycles. The van der Waals surface area contributed by atoms with Crippen molar-refractivity contribution in [3.63, 3.8) is 0 Å². The first-order chi connectivity index (χ1) is 12.9. The second-order valence-corrected chi connectivity index (χ2v) is 6.33. The number of carbonyl (C=O) groups excluding carboxylic acids is 1. The number of nitrogens with zero attached hydrogens (tertiary/aromatic N) is 2. The monoisotopic (exact) mass is 371 g/mol. The van der Waals surface area contributed by atoms with Gasteiger partial charge >= 0.3 is 0 Å². The maximum Gasteiger partial charge on any atom is 0.247 e. The minimum Gasteiger partial charge on any atom is -0.421 e. The van der Waals surface area contributed by atoms with Gasteiger partial charge in [0.2, 0.25) is 17.7 Å². The Morgan fingerprint density at radius 1 is 1.11 bits per heavy atom. The highest BCUT2D eigenvalue weighted by atomic mass is 19.2. The SMILES string of the molecule is Cc1ccc(-c2nnc(CCC(=O)N[C@H](C)c3ccc(F)c(F)c3)o2)cc1. The van der Waals surface area contributed by atoms with E-state index >= 15 is 0 Å². The smallest absolute Gasteiger partial charge is 0.247 e. The fraction of sp³-hybridized carbons (Fsp3) is 0.250. The molecule has 0 fully saturated rings. The van der Waals surface area contributed by atoms with Crippen LogP contribution in [0, 0.1) is 18.6 Å². The second-order valence-electron chi connectivity index (χ2n) is 6.33. The quantitative estimate of drug-likeness (QED) is 0.707. The Hall–Kier alpha value is -3.09. The maximum atomic E-state index is 13.3. The Bertz CT molecular complexity index is 939. The van der Waals surface area contributed by atoms with Crippen LogP contribution in [0.4, 0.5) is 8.78 Å². The van der Waals surface area contributed by atoms with E-state index in [0.717, 1.165) is 23.3 Å². The van der Waals surface area contributed by atoms with Crippen molar-refractivity contribution in [2.24, 2.45) is 0 Å². The number of halogens is 2. The number of aromatic nitrogens is 2. The van der Waals surface area contributed by atoms with Crippen LogP contribution in [0.3, 0.4) is 0 Å². The van der Waals surface area contributed by atoms with Crippen LogP contribution in [-0.4, -0.2) is 16.1 Å². The van der Waals surface area contributed by atoms with E-state index in [4.69, 9.17) is 4.42 Å². The fourth-order valence-electron chi connectivity index (χ4n) is 2.57. The van der Waals surface area contributed by atoms with E-state index in [2.05, 4.69) is 15.5 Å². The lowest BCUT2D eigenvalue weighted by Crippen LogP contribution is -2.27. The highest BCUT2D eigenvalue weighted by Gasteiger charge is 2.14. The zero-order valence-electron chi connectivity index (χ0n) is 15.0. The third-order valence-corrected chi connectivity index (χ3v) is 4.15. The minimum absolute atomic E-state index is 0.142. The summed E-state index contributed by atoms with van der Waals surface area (Å²) in [5, 5.41) is 10.7. The summed E-state index contributed by atoms with van der Waals surface area (Å²) < 4.78 is 31.9. The second kappa shape index (κ2) is 8.07. The van der Waals surface area contributed by atoms with Gasteiger partial charge in [-0.15, -0.1) is 10.2 Å². The molecule has 27 heavy (non-hydrogen) atoms. The molecule has 1 N–H and O–H groups in total. The van der Waals surface area contributed by atoms with Crippen molar-refractivity contribution in [2.75, 3.05) is 0 Å². The molecule has 7 heteroatoms. The highest BCUT2D eigenvalue weighted by Crippen LogP contribution is 2.19. The molecule has 0 aliphatic heterocycles. The molecule has 0 bridgehead atoms. The lowest BCUT2D eigenvalue weighted by molar-refractivity contribution is -0.121. The summed E-state index contributed by atoms with van der Waals surface area (Å²) in [6, 6.07) is 10.8. The average Bonchev–Trinajstić information content (AvgIpc) is 3.12. The van der Waals surface area contributed by atoms with Crippen LogP contribution >= 0.6 is 0 Å². The summed E-state index contributed by atoms with van der Waals surface area (Å²) in [4.78, 5) is 12.1. The molecule has 5 nitrogen and oxygen atoms in total. The Labute approximate surface area is 155 Å². The molecule has 3 rings (SSSR count). The van der Waals surface area contributed by atoms with Crippen molar-refractivity contribution < 1.29 is 18.0 Å². The topological polar surface area (TPSA) is 68.0 Å². The molecular weight excluding hydrogens is 352 g/mol. The molecule has 1 atom stereocenters. The molecule has 3 aromatic rings. The number of rotatable bonds is 6. The number of nitrogens with one attached hydrogen (secondary N) is 1. The van der Waals surface area contributed by atoms with Crippen LogP contribution in [0.2, 0.25) is 0 Å². The van der Waals surface area contributed by atoms with E-state index in [1.165, 1.54) is 6.07 Å². The Morgan fingerprint density at radius 2 is 1.85 bits per heavy atom. The van der Waals surface area contributed by atoms with E-state index < -0.39 is 17.7 Å². The van der Waals surface area contributed by atoms with Gasteiger partial charge in [0.25, 0.3) is 0 Å². The number of benzene rings is 2. The van der Waals surface area contributed by atoms with Crippen molar-refractivity contribution in [3.05, 3.63) is 71.1 Å². The van der Waals surface area contributed by atoms with Gasteiger partial charge in [0.05, 0.1) is 6.04 Å². The molecule has 1 amide bonds. The number of aryl methyl sites for hydroxylation is 2. The van der Waals surface area contributed by atoms with E-state index in [9.17, 15) is 13.6 Å². The molecule has 0 aliphatic carbocycles. The zero-order valence-corrected chi connectivity index (χ0v) is 15.0. The summed E-state index contributed by atoms with van der Waals surface area (Å²) in [7, 11) is 0. The molecule has 0 radical (unpaired) electrons. The van der Waals surface area contributed by atoms with Gasteiger partial charge in [0.1, 0.15) is 0 Å². The van der Waals surface area contributed by atoms with Gasteiger partial charge in [-0.25, -0.2) is 8.78 Å². The third-order valence-electron chi connectivity index (χ3n) is 4.15. The van der Waals surface area contributed by atoms with Crippen LogP contribution in [0.1, 0.15) is 36.4 Å². The van der Waals surface area contributed by atoms with Gasteiger partial charge in [0.15, 0.2) is 11.6 Å². The first-order valence-corrected chi connectivity index (χ1v) is 8.56. The van der Waals surface area contributed by atoms with Gasteiger partial charge in [-0.1, -0.05) is 23.8 Å². The van der Waals surface area contributed by atoms with Crippen LogP contribution in [-0.2, 0) is 11.2 Å². The largest absolute Gasteiger partial charge is 0.421 e. The average molecular weight is 371 g/mol. The summed E-state index contributed by atoms with van der Waals surface area (Å²) in [5.41, 5.74) is 2.43. The molecular formula is C20H19F2N3O2. The van der Waals surface area contributed by atoms with Crippen LogP contribution in [0.15, 0.2) is 46.9 Å². The summed E-state index contributed by atoms with van der Waals surface area (Å²) in [5.74, 6) is -1.34. The molecule has 0 saturated heterocycles. The van der Waals surface area contributed by atoms with E-state index in [1.54, 1.807) is 6.92 Å². The predicted molar refractivity (Wildman–Crippen MR) is 95.7 cm³/mol. The fourth-order valence-corrected chi connectivity index (χ4v) is 2.57. The van der Waals surface area contributed by atoms with Gasteiger partial charge < -0.3 is 9.73 Å². The predicted octanol–water partition coefficient (Wildman–Crippen LogP) is 4.13. The molecule has 2 aromatic carbocycles. The van der Waals surface area contributed by atoms with Gasteiger partial charge in [-0.05, 0) is 43.7 Å². The molecule has 140 valence electrons. The van der Waals surface area contributed by atoms with Gasteiger partial charge in [-0.3, -0.25) is 4.79 Å². The summed E-state index contributed by atoms with van der Waals surface area (Å²) in [6.07, 6.45) is 0.429.